The number of hydrogen-bond donors (Lipinski definition) is 0. The number of rotatable bonds is 1. The molecule has 0 N–H and O–H groups in total. The molecule has 2 aliphatic carbocycles. The van der Waals surface area contributed by atoms with Gasteiger partial charge in [0.05, 0.1) is 5.69 Å². The third-order valence-electron chi connectivity index (χ3n) is 8.88. The first-order valence-electron chi connectivity index (χ1n) is 13.6. The average Bonchev–Trinajstić information content (AvgIpc) is 3.08. The molecule has 5 aromatic carbocycles. The lowest BCUT2D eigenvalue weighted by Gasteiger charge is -2.41. The summed E-state index contributed by atoms with van der Waals surface area (Å²) >= 11 is 0. The number of benzene rings is 5. The maximum atomic E-state index is 2.55. The molecular weight excluding hydrogens is 458 g/mol. The largest absolute Gasteiger partial charge is 0.313 e. The molecule has 1 nitrogen and oxygen atoms in total. The van der Waals surface area contributed by atoms with Crippen molar-refractivity contribution >= 4 is 39.4 Å². The topological polar surface area (TPSA) is 3.24 Å². The Labute approximate surface area is 224 Å². The summed E-state index contributed by atoms with van der Waals surface area (Å²) in [5.74, 6) is 0. The van der Waals surface area contributed by atoms with Crippen LogP contribution < -0.4 is 4.90 Å². The molecule has 0 saturated heterocycles. The van der Waals surface area contributed by atoms with Crippen molar-refractivity contribution in [2.24, 2.45) is 0 Å². The van der Waals surface area contributed by atoms with Gasteiger partial charge >= 0.3 is 0 Å². The molecule has 0 spiro atoms. The minimum absolute atomic E-state index is 0.0703. The normalized spacial score (nSPS) is 16.4. The highest BCUT2D eigenvalue weighted by atomic mass is 15.2. The van der Waals surface area contributed by atoms with Gasteiger partial charge in [-0.3, -0.25) is 0 Å². The summed E-state index contributed by atoms with van der Waals surface area (Å²) in [6.45, 7) is 6.93. The third-order valence-corrected chi connectivity index (χ3v) is 8.88. The quantitative estimate of drug-likeness (QED) is 0.227. The fourth-order valence-electron chi connectivity index (χ4n) is 6.99. The molecule has 0 radical (unpaired) electrons. The fourth-order valence-corrected chi connectivity index (χ4v) is 6.99. The van der Waals surface area contributed by atoms with Gasteiger partial charge in [-0.25, -0.2) is 0 Å². The number of fused-ring (bicyclic) bond motifs is 7. The standard InChI is InChI=1S/C37H29N/c1-23-15-17-28(18-16-23)38-33-21-25-10-5-4-9-24(25)20-30(33)27-19-26-11-8-14-32-35(26)36(34(38)22-27)29-12-6-7-13-31(29)37(32,2)3/h4-21H,22H2,1-3H3. The predicted molar refractivity (Wildman–Crippen MR) is 161 cm³/mol. The first kappa shape index (κ1) is 21.7. The highest BCUT2D eigenvalue weighted by Crippen LogP contribution is 2.56. The molecule has 0 aromatic heterocycles. The average molecular weight is 488 g/mol. The van der Waals surface area contributed by atoms with Crippen LogP contribution in [0.5, 0.6) is 0 Å². The van der Waals surface area contributed by atoms with Crippen molar-refractivity contribution < 1.29 is 0 Å². The van der Waals surface area contributed by atoms with Crippen molar-refractivity contribution in [2.45, 2.75) is 32.6 Å². The van der Waals surface area contributed by atoms with Gasteiger partial charge in [-0.05, 0) is 75.4 Å². The molecular formula is C37H29N. The van der Waals surface area contributed by atoms with Gasteiger partial charge in [0.1, 0.15) is 0 Å². The summed E-state index contributed by atoms with van der Waals surface area (Å²) in [4.78, 5) is 2.55. The molecule has 0 saturated carbocycles. The Balaban J connectivity index is 1.56. The van der Waals surface area contributed by atoms with E-state index in [0.717, 1.165) is 6.42 Å². The van der Waals surface area contributed by atoms with Crippen LogP contribution in [0.4, 0.5) is 11.4 Å². The Hall–Kier alpha value is -4.36. The smallest absolute Gasteiger partial charge is 0.0540 e. The maximum Gasteiger partial charge on any atom is 0.0540 e. The Morgan fingerprint density at radius 2 is 1.39 bits per heavy atom. The molecule has 0 fully saturated rings. The molecule has 8 rings (SSSR count). The van der Waals surface area contributed by atoms with Crippen molar-refractivity contribution in [3.05, 3.63) is 148 Å². The van der Waals surface area contributed by atoms with Crippen LogP contribution in [0, 0.1) is 6.92 Å². The van der Waals surface area contributed by atoms with Crippen LogP contribution in [-0.4, -0.2) is 0 Å². The van der Waals surface area contributed by atoms with Gasteiger partial charge in [0.15, 0.2) is 0 Å². The molecule has 1 aliphatic heterocycles. The zero-order chi connectivity index (χ0) is 25.6. The summed E-state index contributed by atoms with van der Waals surface area (Å²) in [5.41, 5.74) is 16.1. The Kier molecular flexibility index (Phi) is 4.33. The van der Waals surface area contributed by atoms with Gasteiger partial charge in [-0.2, -0.15) is 0 Å². The molecule has 1 heterocycles. The van der Waals surface area contributed by atoms with Gasteiger partial charge in [-0.1, -0.05) is 104 Å². The van der Waals surface area contributed by atoms with E-state index in [1.54, 1.807) is 0 Å². The number of aryl methyl sites for hydroxylation is 1. The van der Waals surface area contributed by atoms with E-state index in [4.69, 9.17) is 0 Å². The highest BCUT2D eigenvalue weighted by molar-refractivity contribution is 6.07. The van der Waals surface area contributed by atoms with E-state index in [0.29, 0.717) is 0 Å². The van der Waals surface area contributed by atoms with Gasteiger partial charge in [0.2, 0.25) is 0 Å². The first-order valence-corrected chi connectivity index (χ1v) is 13.6. The lowest BCUT2D eigenvalue weighted by Crippen LogP contribution is -2.29. The summed E-state index contributed by atoms with van der Waals surface area (Å²) < 4.78 is 0. The monoisotopic (exact) mass is 487 g/mol. The van der Waals surface area contributed by atoms with Crippen LogP contribution in [-0.2, 0) is 5.41 Å². The van der Waals surface area contributed by atoms with E-state index in [1.165, 1.54) is 77.9 Å². The number of hydrogen-bond acceptors (Lipinski definition) is 1. The van der Waals surface area contributed by atoms with E-state index in [9.17, 15) is 0 Å². The van der Waals surface area contributed by atoms with Gasteiger partial charge in [0.25, 0.3) is 0 Å². The van der Waals surface area contributed by atoms with Crippen LogP contribution in [0.2, 0.25) is 0 Å². The summed E-state index contributed by atoms with van der Waals surface area (Å²) in [7, 11) is 0. The Bertz CT molecular complexity index is 1860. The molecule has 1 heteroatoms. The van der Waals surface area contributed by atoms with Gasteiger partial charge in [0, 0.05) is 34.4 Å². The Morgan fingerprint density at radius 3 is 2.21 bits per heavy atom. The first-order chi connectivity index (χ1) is 18.5. The summed E-state index contributed by atoms with van der Waals surface area (Å²) in [6, 6.07) is 38.6. The minimum atomic E-state index is -0.0703. The fraction of sp³-hybridized carbons (Fsp3) is 0.135. The molecule has 3 aliphatic rings. The van der Waals surface area contributed by atoms with Crippen LogP contribution in [0.25, 0.3) is 28.0 Å². The second kappa shape index (κ2) is 7.58. The molecule has 0 atom stereocenters. The van der Waals surface area contributed by atoms with Crippen molar-refractivity contribution in [3.63, 3.8) is 0 Å². The molecule has 0 unspecified atom stereocenters. The summed E-state index contributed by atoms with van der Waals surface area (Å²) in [6.07, 6.45) is 3.37. The van der Waals surface area contributed by atoms with Crippen molar-refractivity contribution in [1.29, 1.82) is 0 Å². The van der Waals surface area contributed by atoms with Gasteiger partial charge in [-0.15, -0.1) is 0 Å². The lowest BCUT2D eigenvalue weighted by atomic mass is 9.66. The van der Waals surface area contributed by atoms with Crippen molar-refractivity contribution in [3.8, 4) is 0 Å². The van der Waals surface area contributed by atoms with Crippen LogP contribution in [0.3, 0.4) is 0 Å². The zero-order valence-electron chi connectivity index (χ0n) is 22.0. The second-order valence-corrected chi connectivity index (χ2v) is 11.5. The molecule has 38 heavy (non-hydrogen) atoms. The predicted octanol–water partition coefficient (Wildman–Crippen LogP) is 9.64. The van der Waals surface area contributed by atoms with E-state index < -0.39 is 0 Å². The van der Waals surface area contributed by atoms with E-state index in [2.05, 4.69) is 135 Å². The van der Waals surface area contributed by atoms with Gasteiger partial charge < -0.3 is 4.90 Å². The molecule has 182 valence electrons. The SMILES string of the molecule is Cc1ccc(N2C3=C4c5ccccc5C(C)(C)c5cccc(c54)C=C(C3)c3cc4ccccc4cc32)cc1. The molecule has 5 aromatic rings. The van der Waals surface area contributed by atoms with Crippen LogP contribution >= 0.6 is 0 Å². The molecule has 0 amide bonds. The van der Waals surface area contributed by atoms with Crippen molar-refractivity contribution in [1.82, 2.24) is 0 Å². The van der Waals surface area contributed by atoms with E-state index in [1.807, 2.05) is 0 Å². The zero-order valence-corrected chi connectivity index (χ0v) is 22.0. The minimum Gasteiger partial charge on any atom is -0.313 e. The maximum absolute atomic E-state index is 2.55. The third kappa shape index (κ3) is 2.88. The highest BCUT2D eigenvalue weighted by Gasteiger charge is 2.40. The lowest BCUT2D eigenvalue weighted by molar-refractivity contribution is 0.629. The van der Waals surface area contributed by atoms with E-state index >= 15 is 0 Å². The Morgan fingerprint density at radius 1 is 0.684 bits per heavy atom. The molecule has 2 bridgehead atoms. The number of anilines is 2. The second-order valence-electron chi connectivity index (χ2n) is 11.5. The van der Waals surface area contributed by atoms with Crippen LogP contribution in [0.15, 0.2) is 109 Å². The van der Waals surface area contributed by atoms with E-state index in [-0.39, 0.29) is 5.41 Å². The number of nitrogens with zero attached hydrogens (tertiary/aromatic N) is 1. The van der Waals surface area contributed by atoms with Crippen molar-refractivity contribution in [2.75, 3.05) is 4.90 Å². The summed E-state index contributed by atoms with van der Waals surface area (Å²) in [5, 5.41) is 2.56. The number of allylic oxidation sites excluding steroid dienone is 1. The van der Waals surface area contributed by atoms with Crippen LogP contribution in [0.1, 0.15) is 59.2 Å².